The number of hydrogen-bond acceptors (Lipinski definition) is 5. The molecule has 26 heavy (non-hydrogen) atoms. The molecule has 1 aliphatic rings. The van der Waals surface area contributed by atoms with Gasteiger partial charge in [-0.1, -0.05) is 18.5 Å². The van der Waals surface area contributed by atoms with Gasteiger partial charge in [0.2, 0.25) is 0 Å². The summed E-state index contributed by atoms with van der Waals surface area (Å²) in [4.78, 5) is 19.3. The van der Waals surface area contributed by atoms with E-state index in [4.69, 9.17) is 16.3 Å². The number of anilines is 1. The van der Waals surface area contributed by atoms with Crippen LogP contribution in [0.3, 0.4) is 0 Å². The number of nitrogens with one attached hydrogen (secondary N) is 1. The van der Waals surface area contributed by atoms with E-state index >= 15 is 0 Å². The van der Waals surface area contributed by atoms with Crippen LogP contribution in [0.2, 0.25) is 5.02 Å². The van der Waals surface area contributed by atoms with Crippen LogP contribution in [0.4, 0.5) is 5.13 Å². The summed E-state index contributed by atoms with van der Waals surface area (Å²) < 4.78 is 5.64. The van der Waals surface area contributed by atoms with Crippen molar-refractivity contribution >= 4 is 34.0 Å². The summed E-state index contributed by atoms with van der Waals surface area (Å²) in [6.07, 6.45) is 1.93. The summed E-state index contributed by atoms with van der Waals surface area (Å²) in [6.45, 7) is 7.09. The van der Waals surface area contributed by atoms with E-state index in [9.17, 15) is 4.79 Å². The maximum atomic E-state index is 12.3. The molecule has 1 N–H and O–H groups in total. The first-order valence-electron chi connectivity index (χ1n) is 8.89. The molecular weight excluding hydrogens is 370 g/mol. The summed E-state index contributed by atoms with van der Waals surface area (Å²) in [5.74, 6) is 1.14. The molecular formula is C19H24ClN3O2S. The lowest BCUT2D eigenvalue weighted by molar-refractivity contribution is -0.122. The Hall–Kier alpha value is -1.63. The minimum absolute atomic E-state index is 0.215. The third-order valence-corrected chi connectivity index (χ3v) is 5.46. The van der Waals surface area contributed by atoms with Crippen LogP contribution in [0.15, 0.2) is 29.6 Å². The number of nitrogens with zero attached hydrogens (tertiary/aromatic N) is 2. The number of thiazole rings is 1. The molecule has 0 aliphatic carbocycles. The first kappa shape index (κ1) is 19.1. The molecule has 1 saturated heterocycles. The molecule has 0 bridgehead atoms. The number of rotatable bonds is 6. The van der Waals surface area contributed by atoms with Gasteiger partial charge < -0.3 is 4.74 Å². The second kappa shape index (κ2) is 8.84. The number of ether oxygens (including phenoxy) is 1. The van der Waals surface area contributed by atoms with Gasteiger partial charge in [-0.25, -0.2) is 4.98 Å². The Morgan fingerprint density at radius 3 is 2.96 bits per heavy atom. The number of halogens is 1. The van der Waals surface area contributed by atoms with Crippen LogP contribution in [0.1, 0.15) is 32.4 Å². The Morgan fingerprint density at radius 2 is 2.23 bits per heavy atom. The van der Waals surface area contributed by atoms with Crippen LogP contribution in [0, 0.1) is 5.92 Å². The zero-order chi connectivity index (χ0) is 18.5. The van der Waals surface area contributed by atoms with E-state index in [1.807, 2.05) is 5.38 Å². The molecule has 0 saturated carbocycles. The molecule has 2 atom stereocenters. The van der Waals surface area contributed by atoms with Crippen molar-refractivity contribution in [3.05, 3.63) is 40.4 Å². The van der Waals surface area contributed by atoms with Gasteiger partial charge in [0.1, 0.15) is 5.75 Å². The number of benzene rings is 1. The highest BCUT2D eigenvalue weighted by Crippen LogP contribution is 2.22. The lowest BCUT2D eigenvalue weighted by Crippen LogP contribution is -2.33. The maximum Gasteiger partial charge on any atom is 0.266 e. The second-order valence-electron chi connectivity index (χ2n) is 6.83. The smallest absolute Gasteiger partial charge is 0.266 e. The van der Waals surface area contributed by atoms with E-state index in [-0.39, 0.29) is 5.91 Å². The van der Waals surface area contributed by atoms with E-state index in [1.54, 1.807) is 31.2 Å². The Balaban J connectivity index is 1.51. The Bertz CT molecular complexity index is 735. The van der Waals surface area contributed by atoms with Gasteiger partial charge in [0.15, 0.2) is 11.2 Å². The highest BCUT2D eigenvalue weighted by atomic mass is 35.5. The molecule has 0 spiro atoms. The third kappa shape index (κ3) is 5.43. The molecule has 2 unspecified atom stereocenters. The molecule has 2 aromatic rings. The average molecular weight is 394 g/mol. The van der Waals surface area contributed by atoms with Crippen molar-refractivity contribution < 1.29 is 9.53 Å². The second-order valence-corrected chi connectivity index (χ2v) is 8.12. The Morgan fingerprint density at radius 1 is 1.46 bits per heavy atom. The number of carbonyl (C=O) groups excluding carboxylic acids is 1. The minimum Gasteiger partial charge on any atom is -0.481 e. The van der Waals surface area contributed by atoms with Crippen molar-refractivity contribution in [1.29, 1.82) is 0 Å². The quantitative estimate of drug-likeness (QED) is 0.788. The first-order valence-corrected chi connectivity index (χ1v) is 10.1. The van der Waals surface area contributed by atoms with Crippen LogP contribution in [0.5, 0.6) is 5.75 Å². The van der Waals surface area contributed by atoms with E-state index in [2.05, 4.69) is 22.1 Å². The van der Waals surface area contributed by atoms with Gasteiger partial charge in [-0.2, -0.15) is 0 Å². The van der Waals surface area contributed by atoms with Gasteiger partial charge in [-0.3, -0.25) is 15.0 Å². The van der Waals surface area contributed by atoms with Crippen molar-refractivity contribution in [3.8, 4) is 5.75 Å². The molecule has 1 aromatic carbocycles. The fourth-order valence-electron chi connectivity index (χ4n) is 3.07. The summed E-state index contributed by atoms with van der Waals surface area (Å²) in [5, 5.41) is 6.10. The zero-order valence-electron chi connectivity index (χ0n) is 15.1. The monoisotopic (exact) mass is 393 g/mol. The summed E-state index contributed by atoms with van der Waals surface area (Å²) >= 11 is 7.30. The molecule has 1 aromatic heterocycles. The molecule has 7 heteroatoms. The Labute approximate surface area is 163 Å². The van der Waals surface area contributed by atoms with E-state index < -0.39 is 6.10 Å². The SMILES string of the molecule is CC1CCCN(Cc2csc(NC(=O)C(C)Oc3ccc(Cl)cc3)n2)C1. The van der Waals surface area contributed by atoms with Crippen LogP contribution in [-0.2, 0) is 11.3 Å². The van der Waals surface area contributed by atoms with Crippen LogP contribution >= 0.6 is 22.9 Å². The highest BCUT2D eigenvalue weighted by Gasteiger charge is 2.19. The predicted molar refractivity (Wildman–Crippen MR) is 106 cm³/mol. The largest absolute Gasteiger partial charge is 0.481 e. The standard InChI is InChI=1S/C19H24ClN3O2S/c1-13-4-3-9-23(10-13)11-16-12-26-19(21-16)22-18(24)14(2)25-17-7-5-15(20)6-8-17/h5-8,12-14H,3-4,9-11H2,1-2H3,(H,21,22,24). The van der Waals surface area contributed by atoms with Crippen LogP contribution in [-0.4, -0.2) is 35.0 Å². The lowest BCUT2D eigenvalue weighted by atomic mass is 10.0. The summed E-state index contributed by atoms with van der Waals surface area (Å²) in [7, 11) is 0. The first-order chi connectivity index (χ1) is 12.5. The van der Waals surface area contributed by atoms with E-state index in [1.165, 1.54) is 24.2 Å². The van der Waals surface area contributed by atoms with Crippen LogP contribution < -0.4 is 10.1 Å². The van der Waals surface area contributed by atoms with Crippen molar-refractivity contribution in [2.75, 3.05) is 18.4 Å². The highest BCUT2D eigenvalue weighted by molar-refractivity contribution is 7.13. The average Bonchev–Trinajstić information content (AvgIpc) is 3.03. The van der Waals surface area contributed by atoms with Gasteiger partial charge in [0.25, 0.3) is 5.91 Å². The number of hydrogen-bond donors (Lipinski definition) is 1. The lowest BCUT2D eigenvalue weighted by Gasteiger charge is -2.30. The number of likely N-dealkylation sites (tertiary alicyclic amines) is 1. The molecule has 1 amide bonds. The maximum absolute atomic E-state index is 12.3. The van der Waals surface area contributed by atoms with Crippen LogP contribution in [0.25, 0.3) is 0 Å². The van der Waals surface area contributed by atoms with Crippen molar-refractivity contribution in [2.24, 2.45) is 5.92 Å². The molecule has 3 rings (SSSR count). The number of aromatic nitrogens is 1. The fraction of sp³-hybridized carbons (Fsp3) is 0.474. The van der Waals surface area contributed by atoms with Crippen molar-refractivity contribution in [2.45, 2.75) is 39.3 Å². The van der Waals surface area contributed by atoms with Gasteiger partial charge in [-0.05, 0) is 56.5 Å². The Kier molecular flexibility index (Phi) is 6.51. The fourth-order valence-corrected chi connectivity index (χ4v) is 3.90. The molecule has 5 nitrogen and oxygen atoms in total. The van der Waals surface area contributed by atoms with Gasteiger partial charge in [0, 0.05) is 23.5 Å². The topological polar surface area (TPSA) is 54.5 Å². The van der Waals surface area contributed by atoms with Gasteiger partial charge >= 0.3 is 0 Å². The van der Waals surface area contributed by atoms with E-state index in [0.717, 1.165) is 31.2 Å². The number of amides is 1. The van der Waals surface area contributed by atoms with E-state index in [0.29, 0.717) is 15.9 Å². The summed E-state index contributed by atoms with van der Waals surface area (Å²) in [5.41, 5.74) is 1.01. The molecule has 0 radical (unpaired) electrons. The normalized spacial score (nSPS) is 19.1. The minimum atomic E-state index is -0.619. The predicted octanol–water partition coefficient (Wildman–Crippen LogP) is 4.43. The molecule has 2 heterocycles. The zero-order valence-corrected chi connectivity index (χ0v) is 16.6. The van der Waals surface area contributed by atoms with Crippen molar-refractivity contribution in [3.63, 3.8) is 0 Å². The molecule has 1 fully saturated rings. The van der Waals surface area contributed by atoms with Crippen molar-refractivity contribution in [1.82, 2.24) is 9.88 Å². The number of carbonyl (C=O) groups is 1. The summed E-state index contributed by atoms with van der Waals surface area (Å²) in [6, 6.07) is 6.95. The number of piperidine rings is 1. The van der Waals surface area contributed by atoms with Gasteiger partial charge in [-0.15, -0.1) is 11.3 Å². The van der Waals surface area contributed by atoms with Gasteiger partial charge in [0.05, 0.1) is 5.69 Å². The third-order valence-electron chi connectivity index (χ3n) is 4.40. The molecule has 140 valence electrons. The molecule has 1 aliphatic heterocycles.